The van der Waals surface area contributed by atoms with Crippen LogP contribution < -0.4 is 5.32 Å². The van der Waals surface area contributed by atoms with Crippen LogP contribution in [0.2, 0.25) is 0 Å². The van der Waals surface area contributed by atoms with Gasteiger partial charge < -0.3 is 10.1 Å². The van der Waals surface area contributed by atoms with E-state index in [4.69, 9.17) is 4.74 Å². The third-order valence-electron chi connectivity index (χ3n) is 2.45. The van der Waals surface area contributed by atoms with Gasteiger partial charge >= 0.3 is 0 Å². The molecule has 0 aliphatic rings. The summed E-state index contributed by atoms with van der Waals surface area (Å²) in [6.45, 7) is 7.15. The second-order valence-electron chi connectivity index (χ2n) is 3.90. The minimum atomic E-state index is -0.389. The highest BCUT2D eigenvalue weighted by atomic mass is 16.6. The number of nitrogens with one attached hydrogen (secondary N) is 1. The van der Waals surface area contributed by atoms with Gasteiger partial charge in [0.15, 0.2) is 0 Å². The van der Waals surface area contributed by atoms with E-state index in [0.717, 1.165) is 11.3 Å². The number of aryl methyl sites for hydroxylation is 1. The molecule has 17 heavy (non-hydrogen) atoms. The van der Waals surface area contributed by atoms with Crippen molar-refractivity contribution in [3.05, 3.63) is 33.9 Å². The first-order valence-electron chi connectivity index (χ1n) is 5.65. The van der Waals surface area contributed by atoms with Crippen LogP contribution in [0.5, 0.6) is 0 Å². The Hall–Kier alpha value is -1.62. The molecule has 1 N–H and O–H groups in total. The number of hydrogen-bond acceptors (Lipinski definition) is 4. The summed E-state index contributed by atoms with van der Waals surface area (Å²) in [6, 6.07) is 4.79. The van der Waals surface area contributed by atoms with Crippen molar-refractivity contribution in [1.82, 2.24) is 0 Å². The fourth-order valence-electron chi connectivity index (χ4n) is 1.56. The number of nitro groups is 1. The van der Waals surface area contributed by atoms with Gasteiger partial charge in [0.25, 0.3) is 5.69 Å². The number of nitrogens with zero attached hydrogens (tertiary/aromatic N) is 1. The van der Waals surface area contributed by atoms with E-state index in [1.165, 1.54) is 6.07 Å². The lowest BCUT2D eigenvalue weighted by molar-refractivity contribution is -0.384. The molecule has 0 aliphatic heterocycles. The molecule has 0 spiro atoms. The van der Waals surface area contributed by atoms with E-state index in [-0.39, 0.29) is 16.7 Å². The van der Waals surface area contributed by atoms with Gasteiger partial charge in [0.1, 0.15) is 0 Å². The van der Waals surface area contributed by atoms with E-state index >= 15 is 0 Å². The molecular weight excluding hydrogens is 220 g/mol. The van der Waals surface area contributed by atoms with Crippen LogP contribution in [0.25, 0.3) is 0 Å². The van der Waals surface area contributed by atoms with Gasteiger partial charge in [-0.05, 0) is 32.4 Å². The maximum absolute atomic E-state index is 10.6. The van der Waals surface area contributed by atoms with Crippen molar-refractivity contribution < 1.29 is 9.66 Å². The van der Waals surface area contributed by atoms with Crippen LogP contribution in [0, 0.1) is 17.0 Å². The van der Waals surface area contributed by atoms with Crippen molar-refractivity contribution in [3.8, 4) is 0 Å². The molecule has 1 rings (SSSR count). The van der Waals surface area contributed by atoms with Gasteiger partial charge in [0.2, 0.25) is 0 Å². The Morgan fingerprint density at radius 3 is 2.76 bits per heavy atom. The topological polar surface area (TPSA) is 64.4 Å². The predicted octanol–water partition coefficient (Wildman–Crippen LogP) is 2.74. The Morgan fingerprint density at radius 2 is 2.24 bits per heavy atom. The molecule has 1 aromatic rings. The molecular formula is C12H18N2O3. The standard InChI is InChI=1S/C12H18N2O3/c1-4-17-10(3)8-13-12-6-5-11(14(15)16)7-9(12)2/h5-7,10,13H,4,8H2,1-3H3. The molecule has 0 fully saturated rings. The number of rotatable bonds is 6. The summed E-state index contributed by atoms with van der Waals surface area (Å²) in [6.07, 6.45) is 0.120. The third-order valence-corrected chi connectivity index (χ3v) is 2.45. The molecule has 0 saturated carbocycles. The van der Waals surface area contributed by atoms with Crippen molar-refractivity contribution in [1.29, 1.82) is 0 Å². The molecule has 0 saturated heterocycles. The first-order chi connectivity index (χ1) is 8.04. The van der Waals surface area contributed by atoms with Crippen molar-refractivity contribution in [2.24, 2.45) is 0 Å². The summed E-state index contributed by atoms with van der Waals surface area (Å²) in [4.78, 5) is 10.2. The Kier molecular flexibility index (Phi) is 4.90. The molecule has 0 bridgehead atoms. The van der Waals surface area contributed by atoms with E-state index in [0.29, 0.717) is 13.2 Å². The molecule has 0 aliphatic carbocycles. The van der Waals surface area contributed by atoms with Crippen molar-refractivity contribution in [2.45, 2.75) is 26.9 Å². The van der Waals surface area contributed by atoms with Crippen LogP contribution in [-0.2, 0) is 4.74 Å². The Morgan fingerprint density at radius 1 is 1.53 bits per heavy atom. The summed E-state index contributed by atoms with van der Waals surface area (Å²) < 4.78 is 5.39. The van der Waals surface area contributed by atoms with Crippen LogP contribution in [0.3, 0.4) is 0 Å². The van der Waals surface area contributed by atoms with Gasteiger partial charge in [0, 0.05) is 31.0 Å². The summed E-state index contributed by atoms with van der Waals surface area (Å²) >= 11 is 0. The van der Waals surface area contributed by atoms with Gasteiger partial charge in [-0.1, -0.05) is 0 Å². The summed E-state index contributed by atoms with van der Waals surface area (Å²) in [7, 11) is 0. The lowest BCUT2D eigenvalue weighted by Gasteiger charge is -2.14. The predicted molar refractivity (Wildman–Crippen MR) is 67.4 cm³/mol. The van der Waals surface area contributed by atoms with Gasteiger partial charge in [-0.3, -0.25) is 10.1 Å². The molecule has 94 valence electrons. The first-order valence-corrected chi connectivity index (χ1v) is 5.65. The van der Waals surface area contributed by atoms with Crippen LogP contribution in [0.4, 0.5) is 11.4 Å². The van der Waals surface area contributed by atoms with E-state index in [1.807, 2.05) is 20.8 Å². The fourth-order valence-corrected chi connectivity index (χ4v) is 1.56. The molecule has 0 amide bonds. The maximum Gasteiger partial charge on any atom is 0.269 e. The molecule has 5 nitrogen and oxygen atoms in total. The molecule has 5 heteroatoms. The molecule has 1 atom stereocenters. The number of ether oxygens (including phenoxy) is 1. The highest BCUT2D eigenvalue weighted by molar-refractivity contribution is 5.55. The molecule has 1 unspecified atom stereocenters. The van der Waals surface area contributed by atoms with Crippen LogP contribution >= 0.6 is 0 Å². The Bertz CT molecular complexity index is 393. The Labute approximate surface area is 101 Å². The van der Waals surface area contributed by atoms with Gasteiger partial charge in [-0.25, -0.2) is 0 Å². The first kappa shape index (κ1) is 13.4. The van der Waals surface area contributed by atoms with E-state index in [1.54, 1.807) is 12.1 Å². The quantitative estimate of drug-likeness (QED) is 0.611. The average molecular weight is 238 g/mol. The zero-order chi connectivity index (χ0) is 12.8. The second-order valence-corrected chi connectivity index (χ2v) is 3.90. The van der Waals surface area contributed by atoms with Crippen LogP contribution in [0.15, 0.2) is 18.2 Å². The molecule has 1 aromatic carbocycles. The average Bonchev–Trinajstić information content (AvgIpc) is 2.27. The number of benzene rings is 1. The van der Waals surface area contributed by atoms with Gasteiger partial charge in [-0.15, -0.1) is 0 Å². The summed E-state index contributed by atoms with van der Waals surface area (Å²) in [5.74, 6) is 0. The fraction of sp³-hybridized carbons (Fsp3) is 0.500. The Balaban J connectivity index is 2.63. The highest BCUT2D eigenvalue weighted by Gasteiger charge is 2.08. The number of anilines is 1. The van der Waals surface area contributed by atoms with E-state index in [9.17, 15) is 10.1 Å². The lowest BCUT2D eigenvalue weighted by Crippen LogP contribution is -2.20. The van der Waals surface area contributed by atoms with Crippen LogP contribution in [0.1, 0.15) is 19.4 Å². The second kappa shape index (κ2) is 6.20. The summed E-state index contributed by atoms with van der Waals surface area (Å²) in [5.41, 5.74) is 1.89. The minimum Gasteiger partial charge on any atom is -0.382 e. The SMILES string of the molecule is CCOC(C)CNc1ccc([N+](=O)[O-])cc1C. The maximum atomic E-state index is 10.6. The molecule has 0 radical (unpaired) electrons. The zero-order valence-electron chi connectivity index (χ0n) is 10.4. The van der Waals surface area contributed by atoms with Crippen molar-refractivity contribution in [3.63, 3.8) is 0 Å². The highest BCUT2D eigenvalue weighted by Crippen LogP contribution is 2.21. The monoisotopic (exact) mass is 238 g/mol. The lowest BCUT2D eigenvalue weighted by atomic mass is 10.1. The van der Waals surface area contributed by atoms with Crippen molar-refractivity contribution >= 4 is 11.4 Å². The number of hydrogen-bond donors (Lipinski definition) is 1. The largest absolute Gasteiger partial charge is 0.382 e. The third kappa shape index (κ3) is 4.03. The smallest absolute Gasteiger partial charge is 0.269 e. The van der Waals surface area contributed by atoms with Gasteiger partial charge in [-0.2, -0.15) is 0 Å². The van der Waals surface area contributed by atoms with Crippen molar-refractivity contribution in [2.75, 3.05) is 18.5 Å². The summed E-state index contributed by atoms with van der Waals surface area (Å²) in [5, 5.41) is 13.8. The normalized spacial score (nSPS) is 12.2. The van der Waals surface area contributed by atoms with E-state index in [2.05, 4.69) is 5.32 Å². The molecule has 0 heterocycles. The van der Waals surface area contributed by atoms with Crippen LogP contribution in [-0.4, -0.2) is 24.2 Å². The number of non-ortho nitro benzene ring substituents is 1. The zero-order valence-corrected chi connectivity index (χ0v) is 10.4. The molecule has 0 aromatic heterocycles. The number of nitro benzene ring substituents is 1. The van der Waals surface area contributed by atoms with E-state index < -0.39 is 0 Å². The van der Waals surface area contributed by atoms with Gasteiger partial charge in [0.05, 0.1) is 11.0 Å². The minimum absolute atomic E-state index is 0.117.